The second-order valence-corrected chi connectivity index (χ2v) is 8.33. The first kappa shape index (κ1) is 20.1. The van der Waals surface area contributed by atoms with Crippen molar-refractivity contribution < 1.29 is 14.3 Å². The van der Waals surface area contributed by atoms with Gasteiger partial charge in [0.2, 0.25) is 0 Å². The molecule has 1 aliphatic rings. The molecule has 5 rings (SSSR count). The van der Waals surface area contributed by atoms with Gasteiger partial charge in [0.15, 0.2) is 0 Å². The number of hydrogen-bond acceptors (Lipinski definition) is 4. The summed E-state index contributed by atoms with van der Waals surface area (Å²) in [5.41, 5.74) is 3.63. The Morgan fingerprint density at radius 3 is 2.50 bits per heavy atom. The molecule has 0 radical (unpaired) electrons. The fourth-order valence-electron chi connectivity index (χ4n) is 4.17. The van der Waals surface area contributed by atoms with E-state index >= 15 is 0 Å². The Balaban J connectivity index is 1.17. The summed E-state index contributed by atoms with van der Waals surface area (Å²) < 4.78 is 5.39. The molecule has 3 aromatic carbocycles. The predicted molar refractivity (Wildman–Crippen MR) is 123 cm³/mol. The number of ether oxygens (including phenoxy) is 1. The van der Waals surface area contributed by atoms with E-state index in [0.717, 1.165) is 33.9 Å². The fourth-order valence-corrected chi connectivity index (χ4v) is 4.17. The molecular weight excluding hydrogens is 398 g/mol. The van der Waals surface area contributed by atoms with Crippen LogP contribution in [-0.2, 0) is 22.6 Å². The van der Waals surface area contributed by atoms with Crippen LogP contribution in [0, 0.1) is 5.92 Å². The van der Waals surface area contributed by atoms with Gasteiger partial charge >= 0.3 is 5.97 Å². The van der Waals surface area contributed by atoms with E-state index in [1.165, 1.54) is 0 Å². The maximum Gasteiger partial charge on any atom is 0.338 e. The van der Waals surface area contributed by atoms with E-state index in [-0.39, 0.29) is 30.2 Å². The maximum absolute atomic E-state index is 12.8. The Labute approximate surface area is 186 Å². The van der Waals surface area contributed by atoms with Crippen LogP contribution in [0.4, 0.5) is 0 Å². The number of benzene rings is 3. The molecule has 0 aliphatic heterocycles. The van der Waals surface area contributed by atoms with Crippen LogP contribution < -0.4 is 0 Å². The van der Waals surface area contributed by atoms with Gasteiger partial charge in [0, 0.05) is 30.1 Å². The summed E-state index contributed by atoms with van der Waals surface area (Å²) >= 11 is 0. The standard InChI is InChI=1S/C28H23NO3/c30-27(15-20-6-7-24-17-29-13-12-23(24)14-20)26-16-25(26)21-8-10-22(11-9-21)28(31)32-18-19-4-2-1-3-5-19/h1-14,17,25-26H,15-16,18H2/t25-,26+/m0/s1. The highest BCUT2D eigenvalue weighted by Crippen LogP contribution is 2.48. The van der Waals surface area contributed by atoms with Crippen molar-refractivity contribution in [1.82, 2.24) is 4.98 Å². The second-order valence-electron chi connectivity index (χ2n) is 8.33. The number of nitrogens with zero attached hydrogens (tertiary/aromatic N) is 1. The van der Waals surface area contributed by atoms with E-state index in [1.54, 1.807) is 18.3 Å². The van der Waals surface area contributed by atoms with E-state index in [9.17, 15) is 9.59 Å². The zero-order valence-electron chi connectivity index (χ0n) is 17.6. The van der Waals surface area contributed by atoms with E-state index in [0.29, 0.717) is 12.0 Å². The van der Waals surface area contributed by atoms with Gasteiger partial charge in [-0.05, 0) is 52.6 Å². The second kappa shape index (κ2) is 8.75. The lowest BCUT2D eigenvalue weighted by atomic mass is 10.0. The molecule has 0 bridgehead atoms. The van der Waals surface area contributed by atoms with Crippen LogP contribution in [0.5, 0.6) is 0 Å². The van der Waals surface area contributed by atoms with Gasteiger partial charge in [0.05, 0.1) is 5.56 Å². The molecule has 0 N–H and O–H groups in total. The summed E-state index contributed by atoms with van der Waals surface area (Å²) in [7, 11) is 0. The third-order valence-corrected chi connectivity index (χ3v) is 6.07. The Hall–Kier alpha value is -3.79. The van der Waals surface area contributed by atoms with Crippen molar-refractivity contribution in [1.29, 1.82) is 0 Å². The first-order valence-corrected chi connectivity index (χ1v) is 10.8. The predicted octanol–water partition coefficient (Wildman–Crippen LogP) is 5.51. The lowest BCUT2D eigenvalue weighted by Gasteiger charge is -2.06. The molecule has 158 valence electrons. The van der Waals surface area contributed by atoms with Gasteiger partial charge in [-0.3, -0.25) is 9.78 Å². The van der Waals surface area contributed by atoms with E-state index in [2.05, 4.69) is 11.1 Å². The molecular formula is C28H23NO3. The number of Topliss-reactive ketones (excluding diaryl/α,β-unsaturated/α-hetero) is 1. The molecule has 0 saturated heterocycles. The molecule has 1 aliphatic carbocycles. The van der Waals surface area contributed by atoms with Crippen LogP contribution >= 0.6 is 0 Å². The van der Waals surface area contributed by atoms with Crippen LogP contribution in [0.1, 0.15) is 39.4 Å². The van der Waals surface area contributed by atoms with E-state index < -0.39 is 0 Å². The van der Waals surface area contributed by atoms with Gasteiger partial charge in [-0.15, -0.1) is 0 Å². The number of pyridine rings is 1. The van der Waals surface area contributed by atoms with Crippen LogP contribution in [0.3, 0.4) is 0 Å². The van der Waals surface area contributed by atoms with Crippen molar-refractivity contribution >= 4 is 22.5 Å². The minimum Gasteiger partial charge on any atom is -0.457 e. The lowest BCUT2D eigenvalue weighted by molar-refractivity contribution is -0.119. The van der Waals surface area contributed by atoms with Crippen LogP contribution in [-0.4, -0.2) is 16.7 Å². The SMILES string of the molecule is O=C(OCc1ccccc1)c1ccc([C@@H]2C[C@H]2C(=O)Cc2ccc3cnccc3c2)cc1. The molecule has 1 saturated carbocycles. The summed E-state index contributed by atoms with van der Waals surface area (Å²) in [5, 5.41) is 2.18. The Bertz CT molecular complexity index is 1260. The van der Waals surface area contributed by atoms with Crippen LogP contribution in [0.25, 0.3) is 10.8 Å². The normalized spacial score (nSPS) is 17.1. The highest BCUT2D eigenvalue weighted by atomic mass is 16.5. The molecule has 32 heavy (non-hydrogen) atoms. The van der Waals surface area contributed by atoms with Gasteiger partial charge in [0.25, 0.3) is 0 Å². The number of ketones is 1. The third kappa shape index (κ3) is 4.45. The van der Waals surface area contributed by atoms with Crippen LogP contribution in [0.15, 0.2) is 91.3 Å². The Kier molecular flexibility index (Phi) is 5.51. The van der Waals surface area contributed by atoms with E-state index in [1.807, 2.05) is 66.9 Å². The average Bonchev–Trinajstić information content (AvgIpc) is 3.64. The smallest absolute Gasteiger partial charge is 0.338 e. The lowest BCUT2D eigenvalue weighted by Crippen LogP contribution is -2.07. The molecule has 0 spiro atoms. The molecule has 4 nitrogen and oxygen atoms in total. The number of hydrogen-bond donors (Lipinski definition) is 0. The molecule has 1 heterocycles. The zero-order valence-corrected chi connectivity index (χ0v) is 17.6. The molecule has 4 heteroatoms. The number of aromatic nitrogens is 1. The summed E-state index contributed by atoms with van der Waals surface area (Å²) in [4.78, 5) is 29.2. The molecule has 4 aromatic rings. The van der Waals surface area contributed by atoms with E-state index in [4.69, 9.17) is 4.74 Å². The Morgan fingerprint density at radius 2 is 1.69 bits per heavy atom. The topological polar surface area (TPSA) is 56.3 Å². The van der Waals surface area contributed by atoms with Crippen molar-refractivity contribution in [3.63, 3.8) is 0 Å². The molecule has 2 atom stereocenters. The minimum absolute atomic E-state index is 0.0546. The Morgan fingerprint density at radius 1 is 0.875 bits per heavy atom. The first-order chi connectivity index (χ1) is 15.7. The molecule has 0 unspecified atom stereocenters. The number of carbonyl (C=O) groups excluding carboxylic acids is 2. The van der Waals surface area contributed by atoms with Crippen LogP contribution in [0.2, 0.25) is 0 Å². The average molecular weight is 421 g/mol. The zero-order chi connectivity index (χ0) is 21.9. The number of esters is 1. The molecule has 0 amide bonds. The number of rotatable bonds is 7. The molecule has 1 fully saturated rings. The van der Waals surface area contributed by atoms with Crippen molar-refractivity contribution in [2.45, 2.75) is 25.4 Å². The van der Waals surface area contributed by atoms with Gasteiger partial charge in [0.1, 0.15) is 12.4 Å². The summed E-state index contributed by atoms with van der Waals surface area (Å²) in [6, 6.07) is 25.2. The highest BCUT2D eigenvalue weighted by molar-refractivity contribution is 5.90. The van der Waals surface area contributed by atoms with Gasteiger partial charge in [-0.2, -0.15) is 0 Å². The summed E-state index contributed by atoms with van der Waals surface area (Å²) in [6.07, 6.45) is 4.92. The highest BCUT2D eigenvalue weighted by Gasteiger charge is 2.43. The van der Waals surface area contributed by atoms with Crippen molar-refractivity contribution in [2.24, 2.45) is 5.92 Å². The van der Waals surface area contributed by atoms with Gasteiger partial charge < -0.3 is 4.74 Å². The van der Waals surface area contributed by atoms with Gasteiger partial charge in [-0.1, -0.05) is 60.7 Å². The fraction of sp³-hybridized carbons (Fsp3) is 0.179. The third-order valence-electron chi connectivity index (χ3n) is 6.07. The van der Waals surface area contributed by atoms with Gasteiger partial charge in [-0.25, -0.2) is 4.79 Å². The number of carbonyl (C=O) groups is 2. The molecule has 1 aromatic heterocycles. The summed E-state index contributed by atoms with van der Waals surface area (Å²) in [6.45, 7) is 0.256. The quantitative estimate of drug-likeness (QED) is 0.369. The minimum atomic E-state index is -0.338. The van der Waals surface area contributed by atoms with Crippen molar-refractivity contribution in [3.05, 3.63) is 114 Å². The monoisotopic (exact) mass is 421 g/mol. The number of fused-ring (bicyclic) bond motifs is 1. The van der Waals surface area contributed by atoms with Crippen molar-refractivity contribution in [3.8, 4) is 0 Å². The van der Waals surface area contributed by atoms with Crippen molar-refractivity contribution in [2.75, 3.05) is 0 Å². The summed E-state index contributed by atoms with van der Waals surface area (Å²) in [5.74, 6) is 0.227. The first-order valence-electron chi connectivity index (χ1n) is 10.8. The maximum atomic E-state index is 12.8. The largest absolute Gasteiger partial charge is 0.457 e.